The van der Waals surface area contributed by atoms with E-state index in [1.807, 2.05) is 30.0 Å². The van der Waals surface area contributed by atoms with E-state index in [0.29, 0.717) is 11.2 Å². The summed E-state index contributed by atoms with van der Waals surface area (Å²) < 4.78 is 5.65. The number of ether oxygens (including phenoxy) is 1. The number of hydrogen-bond acceptors (Lipinski definition) is 5. The maximum Gasteiger partial charge on any atom is 0.224 e. The molecule has 0 spiro atoms. The van der Waals surface area contributed by atoms with Gasteiger partial charge in [-0.3, -0.25) is 0 Å². The van der Waals surface area contributed by atoms with E-state index in [9.17, 15) is 0 Å². The molecule has 106 valence electrons. The maximum absolute atomic E-state index is 5.65. The largest absolute Gasteiger partial charge is 0.377 e. The van der Waals surface area contributed by atoms with E-state index in [1.54, 1.807) is 0 Å². The number of aromatic nitrogens is 2. The summed E-state index contributed by atoms with van der Waals surface area (Å²) in [6, 6.07) is 8.18. The molecule has 1 aliphatic rings. The highest BCUT2D eigenvalue weighted by Crippen LogP contribution is 2.35. The number of rotatable bonds is 4. The van der Waals surface area contributed by atoms with Crippen LogP contribution in [0.2, 0.25) is 0 Å². The van der Waals surface area contributed by atoms with Crippen molar-refractivity contribution in [3.63, 3.8) is 0 Å². The van der Waals surface area contributed by atoms with Crippen LogP contribution in [0.15, 0.2) is 29.3 Å². The van der Waals surface area contributed by atoms with Crippen LogP contribution in [0, 0.1) is 0 Å². The molecule has 1 aromatic heterocycles. The molecule has 2 unspecified atom stereocenters. The van der Waals surface area contributed by atoms with Crippen molar-refractivity contribution in [3.05, 3.63) is 24.3 Å². The lowest BCUT2D eigenvalue weighted by molar-refractivity contribution is 0.127. The topological polar surface area (TPSA) is 47.0 Å². The molecular formula is C15H19N3OS. The molecule has 0 amide bonds. The molecule has 0 aliphatic carbocycles. The van der Waals surface area contributed by atoms with Gasteiger partial charge in [0.25, 0.3) is 0 Å². The second-order valence-electron chi connectivity index (χ2n) is 4.92. The Kier molecular flexibility index (Phi) is 4.08. The van der Waals surface area contributed by atoms with Crippen molar-refractivity contribution < 1.29 is 4.74 Å². The minimum absolute atomic E-state index is 0.288. The summed E-state index contributed by atoms with van der Waals surface area (Å²) in [6.45, 7) is 5.87. The maximum atomic E-state index is 5.65. The first-order valence-corrected chi connectivity index (χ1v) is 7.95. The van der Waals surface area contributed by atoms with Crippen molar-refractivity contribution in [1.29, 1.82) is 0 Å². The van der Waals surface area contributed by atoms with Crippen LogP contribution in [0.4, 0.5) is 5.95 Å². The summed E-state index contributed by atoms with van der Waals surface area (Å²) in [4.78, 5) is 9.23. The van der Waals surface area contributed by atoms with E-state index in [-0.39, 0.29) is 6.10 Å². The summed E-state index contributed by atoms with van der Waals surface area (Å²) in [5.41, 5.74) is 0.993. The first-order valence-electron chi connectivity index (χ1n) is 7.07. The second kappa shape index (κ2) is 5.97. The molecular weight excluding hydrogens is 270 g/mol. The lowest BCUT2D eigenvalue weighted by Crippen LogP contribution is -2.14. The lowest BCUT2D eigenvalue weighted by Gasteiger charge is -2.15. The lowest BCUT2D eigenvalue weighted by atomic mass is 10.2. The van der Waals surface area contributed by atoms with E-state index in [4.69, 9.17) is 4.74 Å². The summed E-state index contributed by atoms with van der Waals surface area (Å²) in [5, 5.41) is 5.86. The standard InChI is InChI=1S/C15H19N3OS/c1-3-16-15-17-12-7-5-4-6-11(12)14(18-15)20-13-8-9-19-10(13)2/h4-7,10,13H,3,8-9H2,1-2H3,(H,16,17,18). The van der Waals surface area contributed by atoms with E-state index in [0.717, 1.165) is 35.5 Å². The SMILES string of the molecule is CCNc1nc(SC2CCOC2C)c2ccccc2n1. The van der Waals surface area contributed by atoms with Gasteiger partial charge in [0.2, 0.25) is 5.95 Å². The molecule has 0 bridgehead atoms. The number of thioether (sulfide) groups is 1. The zero-order valence-corrected chi connectivity index (χ0v) is 12.6. The van der Waals surface area contributed by atoms with Crippen LogP contribution < -0.4 is 5.32 Å². The normalized spacial score (nSPS) is 22.3. The Morgan fingerprint density at radius 2 is 2.20 bits per heavy atom. The van der Waals surface area contributed by atoms with Gasteiger partial charge in [0.05, 0.1) is 11.6 Å². The molecule has 1 saturated heterocycles. The molecule has 0 saturated carbocycles. The third-order valence-corrected chi connectivity index (χ3v) is 4.93. The average Bonchev–Trinajstić information content (AvgIpc) is 2.85. The zero-order chi connectivity index (χ0) is 13.9. The summed E-state index contributed by atoms with van der Waals surface area (Å²) >= 11 is 1.81. The highest BCUT2D eigenvalue weighted by molar-refractivity contribution is 8.00. The fourth-order valence-corrected chi connectivity index (χ4v) is 3.59. The molecule has 3 rings (SSSR count). The van der Waals surface area contributed by atoms with Gasteiger partial charge in [-0.15, -0.1) is 0 Å². The van der Waals surface area contributed by atoms with Gasteiger partial charge in [0, 0.05) is 23.8 Å². The Morgan fingerprint density at radius 1 is 1.35 bits per heavy atom. The number of hydrogen-bond donors (Lipinski definition) is 1. The zero-order valence-electron chi connectivity index (χ0n) is 11.8. The monoisotopic (exact) mass is 289 g/mol. The molecule has 1 N–H and O–H groups in total. The Morgan fingerprint density at radius 3 is 2.95 bits per heavy atom. The Balaban J connectivity index is 1.98. The van der Waals surface area contributed by atoms with Crippen LogP contribution >= 0.6 is 11.8 Å². The molecule has 0 radical (unpaired) electrons. The predicted molar refractivity (Wildman–Crippen MR) is 83.4 cm³/mol. The third kappa shape index (κ3) is 2.74. The van der Waals surface area contributed by atoms with Gasteiger partial charge >= 0.3 is 0 Å². The van der Waals surface area contributed by atoms with Crippen molar-refractivity contribution >= 4 is 28.6 Å². The molecule has 1 aliphatic heterocycles. The van der Waals surface area contributed by atoms with Gasteiger partial charge in [-0.25, -0.2) is 9.97 Å². The van der Waals surface area contributed by atoms with Crippen LogP contribution in [0.25, 0.3) is 10.9 Å². The van der Waals surface area contributed by atoms with Crippen molar-refractivity contribution in [2.45, 2.75) is 36.6 Å². The predicted octanol–water partition coefficient (Wildman–Crippen LogP) is 3.33. The Bertz CT molecular complexity index is 605. The van der Waals surface area contributed by atoms with Gasteiger partial charge in [-0.1, -0.05) is 30.0 Å². The molecule has 1 aromatic carbocycles. The van der Waals surface area contributed by atoms with Crippen molar-refractivity contribution in [1.82, 2.24) is 9.97 Å². The van der Waals surface area contributed by atoms with Gasteiger partial charge in [-0.05, 0) is 26.3 Å². The smallest absolute Gasteiger partial charge is 0.224 e. The van der Waals surface area contributed by atoms with Crippen molar-refractivity contribution in [2.75, 3.05) is 18.5 Å². The molecule has 5 heteroatoms. The Labute approximate surface area is 123 Å². The number of nitrogens with zero attached hydrogens (tertiary/aromatic N) is 2. The first-order chi connectivity index (χ1) is 9.78. The number of fused-ring (bicyclic) bond motifs is 1. The van der Waals surface area contributed by atoms with E-state index >= 15 is 0 Å². The summed E-state index contributed by atoms with van der Waals surface area (Å²) in [6.07, 6.45) is 1.37. The quantitative estimate of drug-likeness (QED) is 0.875. The number of nitrogens with one attached hydrogen (secondary N) is 1. The van der Waals surface area contributed by atoms with Gasteiger partial charge in [0.15, 0.2) is 0 Å². The minimum atomic E-state index is 0.288. The average molecular weight is 289 g/mol. The molecule has 2 aromatic rings. The highest BCUT2D eigenvalue weighted by Gasteiger charge is 2.26. The molecule has 1 fully saturated rings. The van der Waals surface area contributed by atoms with Gasteiger partial charge < -0.3 is 10.1 Å². The second-order valence-corrected chi connectivity index (χ2v) is 6.15. The fourth-order valence-electron chi connectivity index (χ4n) is 2.38. The van der Waals surface area contributed by atoms with E-state index in [1.165, 1.54) is 0 Å². The summed E-state index contributed by atoms with van der Waals surface area (Å²) in [7, 11) is 0. The molecule has 2 heterocycles. The van der Waals surface area contributed by atoms with Gasteiger partial charge in [0.1, 0.15) is 5.03 Å². The van der Waals surface area contributed by atoms with E-state index < -0.39 is 0 Å². The fraction of sp³-hybridized carbons (Fsp3) is 0.467. The van der Waals surface area contributed by atoms with Crippen LogP contribution in [0.1, 0.15) is 20.3 Å². The van der Waals surface area contributed by atoms with E-state index in [2.05, 4.69) is 35.2 Å². The van der Waals surface area contributed by atoms with Crippen LogP contribution in [0.5, 0.6) is 0 Å². The molecule has 4 nitrogen and oxygen atoms in total. The van der Waals surface area contributed by atoms with Crippen LogP contribution in [-0.2, 0) is 4.74 Å². The summed E-state index contributed by atoms with van der Waals surface area (Å²) in [5.74, 6) is 0.709. The van der Waals surface area contributed by atoms with Crippen LogP contribution in [0.3, 0.4) is 0 Å². The van der Waals surface area contributed by atoms with Crippen molar-refractivity contribution in [3.8, 4) is 0 Å². The number of anilines is 1. The van der Waals surface area contributed by atoms with Crippen LogP contribution in [-0.4, -0.2) is 34.5 Å². The van der Waals surface area contributed by atoms with Gasteiger partial charge in [-0.2, -0.15) is 0 Å². The minimum Gasteiger partial charge on any atom is -0.377 e. The molecule has 20 heavy (non-hydrogen) atoms. The molecule has 2 atom stereocenters. The third-order valence-electron chi connectivity index (χ3n) is 3.47. The first kappa shape index (κ1) is 13.6. The Hall–Kier alpha value is -1.33. The number of para-hydroxylation sites is 1. The number of benzene rings is 1. The van der Waals surface area contributed by atoms with Crippen molar-refractivity contribution in [2.24, 2.45) is 0 Å². The highest BCUT2D eigenvalue weighted by atomic mass is 32.2.